The molecule has 4 aliphatic heterocycles. The molecule has 8 heteroatoms. The van der Waals surface area contributed by atoms with Gasteiger partial charge in [-0.25, -0.2) is 0 Å². The second-order valence-electron chi connectivity index (χ2n) is 10.4. The Morgan fingerprint density at radius 3 is 2.50 bits per heavy atom. The molecule has 1 unspecified atom stereocenters. The fourth-order valence-electron chi connectivity index (χ4n) is 5.77. The molecule has 0 aliphatic carbocycles. The van der Waals surface area contributed by atoms with Crippen LogP contribution in [0.1, 0.15) is 41.0 Å². The van der Waals surface area contributed by atoms with Crippen LogP contribution in [-0.4, -0.2) is 93.1 Å². The van der Waals surface area contributed by atoms with E-state index in [1.54, 1.807) is 16.7 Å². The Bertz CT molecular complexity index is 862. The minimum absolute atomic E-state index is 0.105. The van der Waals surface area contributed by atoms with E-state index in [2.05, 4.69) is 0 Å². The molecule has 0 aromatic heterocycles. The second kappa shape index (κ2) is 7.99. The maximum Gasteiger partial charge on any atom is 0.249 e. The van der Waals surface area contributed by atoms with Gasteiger partial charge in [-0.05, 0) is 34.1 Å². The molecule has 4 rings (SSSR count). The topological polar surface area (TPSA) is 90.4 Å². The molecule has 0 radical (unpaired) electrons. The van der Waals surface area contributed by atoms with Crippen molar-refractivity contribution >= 4 is 17.7 Å². The SMILES string of the molecule is CCCN1CC=C[C@@H]2O[C@]34C=CCN(C(C)(C)C)C(=O)C3N([C@H](C)CO)C(=O)[C@@H]4[C@@H]2C1=O. The van der Waals surface area contributed by atoms with Crippen LogP contribution in [0.15, 0.2) is 24.3 Å². The van der Waals surface area contributed by atoms with Gasteiger partial charge in [0.05, 0.1) is 30.6 Å². The maximum atomic E-state index is 13.9. The smallest absolute Gasteiger partial charge is 0.249 e. The zero-order chi connectivity index (χ0) is 23.4. The lowest BCUT2D eigenvalue weighted by molar-refractivity contribution is -0.153. The number of carbonyl (C=O) groups is 3. The highest BCUT2D eigenvalue weighted by Crippen LogP contribution is 2.54. The van der Waals surface area contributed by atoms with Crippen LogP contribution in [0.4, 0.5) is 0 Å². The minimum atomic E-state index is -1.23. The summed E-state index contributed by atoms with van der Waals surface area (Å²) >= 11 is 0. The van der Waals surface area contributed by atoms with Gasteiger partial charge in [0.15, 0.2) is 0 Å². The van der Waals surface area contributed by atoms with Gasteiger partial charge in [-0.1, -0.05) is 31.2 Å². The summed E-state index contributed by atoms with van der Waals surface area (Å²) in [5, 5.41) is 9.92. The second-order valence-corrected chi connectivity index (χ2v) is 10.4. The fraction of sp³-hybridized carbons (Fsp3) is 0.708. The van der Waals surface area contributed by atoms with Crippen molar-refractivity contribution in [3.05, 3.63) is 24.3 Å². The van der Waals surface area contributed by atoms with Crippen LogP contribution in [-0.2, 0) is 19.1 Å². The molecule has 0 bridgehead atoms. The number of likely N-dealkylation sites (tertiary alicyclic amines) is 1. The van der Waals surface area contributed by atoms with E-state index in [4.69, 9.17) is 4.74 Å². The van der Waals surface area contributed by atoms with Gasteiger partial charge < -0.3 is 24.5 Å². The van der Waals surface area contributed by atoms with E-state index in [1.807, 2.05) is 52.0 Å². The first kappa shape index (κ1) is 23.0. The van der Waals surface area contributed by atoms with Crippen LogP contribution in [0.3, 0.4) is 0 Å². The Morgan fingerprint density at radius 1 is 1.16 bits per heavy atom. The Morgan fingerprint density at radius 2 is 1.88 bits per heavy atom. The van der Waals surface area contributed by atoms with E-state index in [1.165, 1.54) is 4.90 Å². The zero-order valence-electron chi connectivity index (χ0n) is 19.7. The van der Waals surface area contributed by atoms with Crippen LogP contribution in [0.25, 0.3) is 0 Å². The standard InChI is InChI=1S/C24H35N3O5/c1-6-11-25-12-7-9-16-17(20(25)29)18-21(30)27(15(2)14-28)19-22(31)26(23(3,4)5)13-8-10-24(18,19)32-16/h7-10,15-19,28H,6,11-14H2,1-5H3/t15-,16+,17-,18+,19?,24+/m1/s1. The number of carbonyl (C=O) groups excluding carboxylic acids is 3. The van der Waals surface area contributed by atoms with Gasteiger partial charge in [0, 0.05) is 25.2 Å². The Balaban J connectivity index is 1.85. The molecule has 3 amide bonds. The van der Waals surface area contributed by atoms with E-state index in [0.717, 1.165) is 6.42 Å². The Labute approximate surface area is 189 Å². The molecule has 32 heavy (non-hydrogen) atoms. The van der Waals surface area contributed by atoms with E-state index >= 15 is 0 Å². The summed E-state index contributed by atoms with van der Waals surface area (Å²) in [4.78, 5) is 46.4. The monoisotopic (exact) mass is 445 g/mol. The van der Waals surface area contributed by atoms with Gasteiger partial charge in [-0.3, -0.25) is 14.4 Å². The molecule has 4 heterocycles. The summed E-state index contributed by atoms with van der Waals surface area (Å²) in [5.41, 5.74) is -1.69. The largest absolute Gasteiger partial charge is 0.394 e. The van der Waals surface area contributed by atoms with Crippen molar-refractivity contribution in [3.8, 4) is 0 Å². The third kappa shape index (κ3) is 3.22. The highest BCUT2D eigenvalue weighted by atomic mass is 16.5. The van der Waals surface area contributed by atoms with E-state index < -0.39 is 41.2 Å². The number of nitrogens with zero attached hydrogens (tertiary/aromatic N) is 3. The summed E-state index contributed by atoms with van der Waals surface area (Å²) in [7, 11) is 0. The molecule has 6 atom stereocenters. The Kier molecular flexibility index (Phi) is 5.74. The summed E-state index contributed by atoms with van der Waals surface area (Å²) in [5.74, 6) is -2.10. The molecule has 4 aliphatic rings. The number of amides is 3. The van der Waals surface area contributed by atoms with E-state index in [0.29, 0.717) is 19.6 Å². The quantitative estimate of drug-likeness (QED) is 0.651. The molecule has 0 saturated carbocycles. The van der Waals surface area contributed by atoms with Gasteiger partial charge in [0.25, 0.3) is 0 Å². The molecule has 1 spiro atoms. The van der Waals surface area contributed by atoms with Crippen LogP contribution in [0, 0.1) is 11.8 Å². The van der Waals surface area contributed by atoms with Gasteiger partial charge in [0.1, 0.15) is 11.6 Å². The van der Waals surface area contributed by atoms with Crippen LogP contribution >= 0.6 is 0 Å². The number of hydrogen-bond acceptors (Lipinski definition) is 5. The lowest BCUT2D eigenvalue weighted by atomic mass is 9.77. The fourth-order valence-corrected chi connectivity index (χ4v) is 5.77. The van der Waals surface area contributed by atoms with Gasteiger partial charge >= 0.3 is 0 Å². The highest BCUT2D eigenvalue weighted by Gasteiger charge is 2.72. The number of ether oxygens (including phenoxy) is 1. The predicted octanol–water partition coefficient (Wildman–Crippen LogP) is 0.953. The zero-order valence-corrected chi connectivity index (χ0v) is 19.7. The molecular formula is C24H35N3O5. The first-order chi connectivity index (χ1) is 15.1. The summed E-state index contributed by atoms with van der Waals surface area (Å²) in [6, 6.07) is -1.50. The normalized spacial score (nSPS) is 35.6. The van der Waals surface area contributed by atoms with Crippen molar-refractivity contribution < 1.29 is 24.2 Å². The van der Waals surface area contributed by atoms with Crippen molar-refractivity contribution in [2.24, 2.45) is 11.8 Å². The summed E-state index contributed by atoms with van der Waals surface area (Å²) in [6.07, 6.45) is 7.78. The molecule has 1 N–H and O–H groups in total. The summed E-state index contributed by atoms with van der Waals surface area (Å²) < 4.78 is 6.55. The highest BCUT2D eigenvalue weighted by molar-refractivity contribution is 6.00. The van der Waals surface area contributed by atoms with Crippen molar-refractivity contribution in [2.45, 2.75) is 70.4 Å². The van der Waals surface area contributed by atoms with Crippen molar-refractivity contribution in [1.82, 2.24) is 14.7 Å². The average Bonchev–Trinajstić information content (AvgIpc) is 3.05. The molecule has 2 saturated heterocycles. The molecule has 0 aromatic carbocycles. The maximum absolute atomic E-state index is 13.9. The number of hydrogen-bond donors (Lipinski definition) is 1. The lowest BCUT2D eigenvalue weighted by Gasteiger charge is -2.41. The van der Waals surface area contributed by atoms with Crippen LogP contribution in [0.2, 0.25) is 0 Å². The molecule has 8 nitrogen and oxygen atoms in total. The number of aliphatic hydroxyl groups excluding tert-OH is 1. The van der Waals surface area contributed by atoms with Gasteiger partial charge in [0.2, 0.25) is 17.7 Å². The number of aliphatic hydroxyl groups is 1. The van der Waals surface area contributed by atoms with Crippen LogP contribution in [0.5, 0.6) is 0 Å². The van der Waals surface area contributed by atoms with E-state index in [-0.39, 0.29) is 24.3 Å². The van der Waals surface area contributed by atoms with E-state index in [9.17, 15) is 19.5 Å². The molecular weight excluding hydrogens is 410 g/mol. The minimum Gasteiger partial charge on any atom is -0.394 e. The predicted molar refractivity (Wildman–Crippen MR) is 118 cm³/mol. The van der Waals surface area contributed by atoms with Crippen molar-refractivity contribution in [3.63, 3.8) is 0 Å². The average molecular weight is 446 g/mol. The molecule has 176 valence electrons. The van der Waals surface area contributed by atoms with Gasteiger partial charge in [-0.15, -0.1) is 0 Å². The third-order valence-corrected chi connectivity index (χ3v) is 7.22. The lowest BCUT2D eigenvalue weighted by Crippen LogP contribution is -2.60. The van der Waals surface area contributed by atoms with Crippen LogP contribution < -0.4 is 0 Å². The molecule has 2 fully saturated rings. The number of rotatable bonds is 4. The first-order valence-electron chi connectivity index (χ1n) is 11.6. The number of fused-ring (bicyclic) bond motifs is 2. The van der Waals surface area contributed by atoms with Crippen molar-refractivity contribution in [2.75, 3.05) is 26.2 Å². The molecule has 0 aromatic rings. The summed E-state index contributed by atoms with van der Waals surface area (Å²) in [6.45, 7) is 10.8. The Hall–Kier alpha value is -2.19. The van der Waals surface area contributed by atoms with Crippen molar-refractivity contribution in [1.29, 1.82) is 0 Å². The third-order valence-electron chi connectivity index (χ3n) is 7.22. The first-order valence-corrected chi connectivity index (χ1v) is 11.6. The van der Waals surface area contributed by atoms with Gasteiger partial charge in [-0.2, -0.15) is 0 Å².